The molecular formula is C20H27N3OS. The Morgan fingerprint density at radius 2 is 2.00 bits per heavy atom. The van der Waals surface area contributed by atoms with Crippen LogP contribution in [0.3, 0.4) is 0 Å². The van der Waals surface area contributed by atoms with Crippen LogP contribution in [0.25, 0.3) is 10.7 Å². The quantitative estimate of drug-likeness (QED) is 0.854. The highest BCUT2D eigenvalue weighted by Gasteiger charge is 2.35. The van der Waals surface area contributed by atoms with Crippen molar-refractivity contribution in [2.24, 2.45) is 11.3 Å². The van der Waals surface area contributed by atoms with Gasteiger partial charge in [-0.25, -0.2) is 4.98 Å². The molecule has 0 aromatic carbocycles. The molecule has 2 unspecified atom stereocenters. The van der Waals surface area contributed by atoms with Gasteiger partial charge in [0.2, 0.25) is 0 Å². The number of nitrogens with zero attached hydrogens (tertiary/aromatic N) is 2. The molecule has 1 fully saturated rings. The first-order valence-electron chi connectivity index (χ1n) is 9.06. The summed E-state index contributed by atoms with van der Waals surface area (Å²) in [6.07, 6.45) is 6.46. The van der Waals surface area contributed by atoms with Gasteiger partial charge in [-0.2, -0.15) is 0 Å². The second kappa shape index (κ2) is 7.24. The average Bonchev–Trinajstić information content (AvgIpc) is 2.97. The van der Waals surface area contributed by atoms with Crippen molar-refractivity contribution in [1.29, 1.82) is 0 Å². The Labute approximate surface area is 154 Å². The maximum atomic E-state index is 12.9. The van der Waals surface area contributed by atoms with Gasteiger partial charge in [0.15, 0.2) is 0 Å². The third kappa shape index (κ3) is 4.09. The Morgan fingerprint density at radius 1 is 1.24 bits per heavy atom. The van der Waals surface area contributed by atoms with Crippen LogP contribution in [0, 0.1) is 18.3 Å². The van der Waals surface area contributed by atoms with Gasteiger partial charge in [0.05, 0.1) is 11.4 Å². The van der Waals surface area contributed by atoms with Crippen molar-refractivity contribution < 1.29 is 4.79 Å². The van der Waals surface area contributed by atoms with Crippen LogP contribution in [-0.4, -0.2) is 21.9 Å². The summed E-state index contributed by atoms with van der Waals surface area (Å²) in [7, 11) is 0. The number of pyridine rings is 1. The van der Waals surface area contributed by atoms with E-state index in [2.05, 4.69) is 36.1 Å². The van der Waals surface area contributed by atoms with Gasteiger partial charge in [-0.1, -0.05) is 39.7 Å². The standard InChI is InChI=1S/C20H27N3OS/c1-13-17(25-19(22-13)16-11-7-8-12-21-16)18(24)23-15-10-6-5-9-14(15)20(2,3)4/h7-8,11-12,14-15H,5-6,9-10H2,1-4H3,(H,23,24). The molecule has 25 heavy (non-hydrogen) atoms. The molecule has 1 aliphatic carbocycles. The minimum Gasteiger partial charge on any atom is -0.348 e. The van der Waals surface area contributed by atoms with Gasteiger partial charge >= 0.3 is 0 Å². The van der Waals surface area contributed by atoms with Crippen molar-refractivity contribution in [2.75, 3.05) is 0 Å². The smallest absolute Gasteiger partial charge is 0.263 e. The molecular weight excluding hydrogens is 330 g/mol. The van der Waals surface area contributed by atoms with E-state index in [4.69, 9.17) is 0 Å². The first-order valence-corrected chi connectivity index (χ1v) is 9.87. The van der Waals surface area contributed by atoms with Crippen molar-refractivity contribution in [3.63, 3.8) is 0 Å². The molecule has 2 aromatic rings. The van der Waals surface area contributed by atoms with E-state index < -0.39 is 0 Å². The number of aryl methyl sites for hydroxylation is 1. The molecule has 1 saturated carbocycles. The summed E-state index contributed by atoms with van der Waals surface area (Å²) in [6.45, 7) is 8.73. The normalized spacial score (nSPS) is 21.1. The minimum atomic E-state index is 0.0123. The zero-order valence-corrected chi connectivity index (χ0v) is 16.3. The van der Waals surface area contributed by atoms with Crippen LogP contribution in [0.15, 0.2) is 24.4 Å². The summed E-state index contributed by atoms with van der Waals surface area (Å²) < 4.78 is 0. The molecule has 0 bridgehead atoms. The van der Waals surface area contributed by atoms with E-state index >= 15 is 0 Å². The Bertz CT molecular complexity index is 733. The highest BCUT2D eigenvalue weighted by atomic mass is 32.1. The van der Waals surface area contributed by atoms with E-state index in [1.165, 1.54) is 30.6 Å². The van der Waals surface area contributed by atoms with E-state index in [9.17, 15) is 4.79 Å². The zero-order valence-electron chi connectivity index (χ0n) is 15.5. The lowest BCUT2D eigenvalue weighted by Crippen LogP contribution is -2.46. The zero-order chi connectivity index (χ0) is 18.0. The summed E-state index contributed by atoms with van der Waals surface area (Å²) in [5, 5.41) is 4.11. The highest BCUT2D eigenvalue weighted by Crippen LogP contribution is 2.38. The van der Waals surface area contributed by atoms with Gasteiger partial charge < -0.3 is 5.32 Å². The molecule has 134 valence electrons. The Hall–Kier alpha value is -1.75. The molecule has 0 spiro atoms. The second-order valence-electron chi connectivity index (χ2n) is 7.99. The molecule has 4 nitrogen and oxygen atoms in total. The molecule has 1 amide bonds. The van der Waals surface area contributed by atoms with Crippen LogP contribution in [0.4, 0.5) is 0 Å². The molecule has 2 aromatic heterocycles. The van der Waals surface area contributed by atoms with Crippen LogP contribution >= 0.6 is 11.3 Å². The van der Waals surface area contributed by atoms with E-state index in [0.29, 0.717) is 10.8 Å². The van der Waals surface area contributed by atoms with Crippen LogP contribution in [-0.2, 0) is 0 Å². The van der Waals surface area contributed by atoms with Crippen molar-refractivity contribution in [1.82, 2.24) is 15.3 Å². The third-order valence-corrected chi connectivity index (χ3v) is 6.26. The number of carbonyl (C=O) groups excluding carboxylic acids is 1. The van der Waals surface area contributed by atoms with Gasteiger partial charge in [-0.05, 0) is 43.2 Å². The number of rotatable bonds is 3. The van der Waals surface area contributed by atoms with Gasteiger partial charge in [0.1, 0.15) is 9.88 Å². The topological polar surface area (TPSA) is 54.9 Å². The number of nitrogens with one attached hydrogen (secondary N) is 1. The molecule has 5 heteroatoms. The Morgan fingerprint density at radius 3 is 2.68 bits per heavy atom. The fourth-order valence-electron chi connectivity index (χ4n) is 3.78. The average molecular weight is 358 g/mol. The molecule has 2 heterocycles. The fourth-order valence-corrected chi connectivity index (χ4v) is 4.73. The number of carbonyl (C=O) groups is 1. The molecule has 0 saturated heterocycles. The van der Waals surface area contributed by atoms with Crippen LogP contribution < -0.4 is 5.32 Å². The Kier molecular flexibility index (Phi) is 5.23. The number of amides is 1. The lowest BCUT2D eigenvalue weighted by Gasteiger charge is -2.40. The van der Waals surface area contributed by atoms with Gasteiger partial charge in [0.25, 0.3) is 5.91 Å². The minimum absolute atomic E-state index is 0.0123. The van der Waals surface area contributed by atoms with Gasteiger partial charge in [0, 0.05) is 12.2 Å². The summed E-state index contributed by atoms with van der Waals surface area (Å²) in [6, 6.07) is 6.00. The molecule has 3 rings (SSSR count). The third-order valence-electron chi connectivity index (χ3n) is 5.08. The second-order valence-corrected chi connectivity index (χ2v) is 8.98. The molecule has 1 N–H and O–H groups in total. The van der Waals surface area contributed by atoms with E-state index in [1.807, 2.05) is 25.1 Å². The predicted octanol–water partition coefficient (Wildman–Crippen LogP) is 4.85. The van der Waals surface area contributed by atoms with Gasteiger partial charge in [-0.3, -0.25) is 9.78 Å². The van der Waals surface area contributed by atoms with Crippen LogP contribution in [0.2, 0.25) is 0 Å². The maximum Gasteiger partial charge on any atom is 0.263 e. The summed E-state index contributed by atoms with van der Waals surface area (Å²) in [5.74, 6) is 0.534. The number of hydrogen-bond donors (Lipinski definition) is 1. The van der Waals surface area contributed by atoms with Gasteiger partial charge in [-0.15, -0.1) is 11.3 Å². The first kappa shape index (κ1) is 18.1. The molecule has 1 aliphatic rings. The van der Waals surface area contributed by atoms with E-state index in [0.717, 1.165) is 22.8 Å². The summed E-state index contributed by atoms with van der Waals surface area (Å²) >= 11 is 1.43. The maximum absolute atomic E-state index is 12.9. The molecule has 2 atom stereocenters. The van der Waals surface area contributed by atoms with Crippen LogP contribution in [0.5, 0.6) is 0 Å². The van der Waals surface area contributed by atoms with Crippen LogP contribution in [0.1, 0.15) is 61.8 Å². The van der Waals surface area contributed by atoms with E-state index in [-0.39, 0.29) is 17.4 Å². The number of thiazole rings is 1. The van der Waals surface area contributed by atoms with Crippen molar-refractivity contribution in [2.45, 2.75) is 59.4 Å². The molecule has 0 radical (unpaired) electrons. The fraction of sp³-hybridized carbons (Fsp3) is 0.550. The summed E-state index contributed by atoms with van der Waals surface area (Å²) in [4.78, 5) is 22.5. The summed E-state index contributed by atoms with van der Waals surface area (Å²) in [5.41, 5.74) is 1.81. The van der Waals surface area contributed by atoms with Crippen molar-refractivity contribution in [3.8, 4) is 10.7 Å². The lowest BCUT2D eigenvalue weighted by atomic mass is 9.69. The SMILES string of the molecule is Cc1nc(-c2ccccn2)sc1C(=O)NC1CCCCC1C(C)(C)C. The Balaban J connectivity index is 1.78. The highest BCUT2D eigenvalue weighted by molar-refractivity contribution is 7.17. The lowest BCUT2D eigenvalue weighted by molar-refractivity contribution is 0.0833. The van der Waals surface area contributed by atoms with Crippen molar-refractivity contribution >= 4 is 17.2 Å². The number of hydrogen-bond acceptors (Lipinski definition) is 4. The first-order chi connectivity index (χ1) is 11.9. The number of aromatic nitrogens is 2. The van der Waals surface area contributed by atoms with E-state index in [1.54, 1.807) is 6.20 Å². The molecule has 0 aliphatic heterocycles. The monoisotopic (exact) mass is 357 g/mol. The largest absolute Gasteiger partial charge is 0.348 e. The predicted molar refractivity (Wildman–Crippen MR) is 103 cm³/mol. The van der Waals surface area contributed by atoms with Crippen molar-refractivity contribution in [3.05, 3.63) is 35.0 Å².